The van der Waals surface area contributed by atoms with E-state index in [1.807, 2.05) is 59.4 Å². The number of ether oxygens (including phenoxy) is 1. The van der Waals surface area contributed by atoms with Crippen LogP contribution in [0.2, 0.25) is 0 Å². The number of nitrogens with zero attached hydrogens (tertiary/aromatic N) is 3. The van der Waals surface area contributed by atoms with E-state index in [1.165, 1.54) is 5.56 Å². The maximum Gasteiger partial charge on any atom is 0.119 e. The van der Waals surface area contributed by atoms with Crippen molar-refractivity contribution in [1.29, 1.82) is 0 Å². The minimum Gasteiger partial charge on any atom is -0.494 e. The molecule has 0 bridgehead atoms. The average molecular weight is 321 g/mol. The molecule has 0 fully saturated rings. The number of hydrogen-bond donors (Lipinski definition) is 0. The standard InChI is InChI=1S/C20H23N3O/c1-22(13-8-14-24-20-11-6-3-7-12-20)16-18-15-21-23(17-18)19-9-4-2-5-10-19/h2-7,9-12,15,17H,8,13-14,16H2,1H3. The summed E-state index contributed by atoms with van der Waals surface area (Å²) in [6.07, 6.45) is 5.02. The van der Waals surface area contributed by atoms with Crippen molar-refractivity contribution in [2.45, 2.75) is 13.0 Å². The zero-order valence-electron chi connectivity index (χ0n) is 14.0. The van der Waals surface area contributed by atoms with Crippen LogP contribution in [-0.4, -0.2) is 34.9 Å². The summed E-state index contributed by atoms with van der Waals surface area (Å²) in [7, 11) is 2.13. The van der Waals surface area contributed by atoms with Crippen molar-refractivity contribution in [3.8, 4) is 11.4 Å². The highest BCUT2D eigenvalue weighted by Gasteiger charge is 2.04. The lowest BCUT2D eigenvalue weighted by Crippen LogP contribution is -2.20. The molecule has 1 aromatic heterocycles. The van der Waals surface area contributed by atoms with Crippen molar-refractivity contribution in [2.75, 3.05) is 20.2 Å². The molecule has 0 aliphatic carbocycles. The summed E-state index contributed by atoms with van der Waals surface area (Å²) in [6, 6.07) is 20.1. The van der Waals surface area contributed by atoms with E-state index < -0.39 is 0 Å². The third-order valence-corrected chi connectivity index (χ3v) is 3.81. The van der Waals surface area contributed by atoms with Crippen LogP contribution in [-0.2, 0) is 6.54 Å². The van der Waals surface area contributed by atoms with E-state index in [1.54, 1.807) is 0 Å². The largest absolute Gasteiger partial charge is 0.494 e. The first-order chi connectivity index (χ1) is 11.8. The average Bonchev–Trinajstić information content (AvgIpc) is 3.09. The highest BCUT2D eigenvalue weighted by Crippen LogP contribution is 2.10. The molecule has 4 nitrogen and oxygen atoms in total. The fourth-order valence-corrected chi connectivity index (χ4v) is 2.60. The van der Waals surface area contributed by atoms with Gasteiger partial charge in [0.05, 0.1) is 18.5 Å². The van der Waals surface area contributed by atoms with Gasteiger partial charge in [0.25, 0.3) is 0 Å². The van der Waals surface area contributed by atoms with Crippen LogP contribution < -0.4 is 4.74 Å². The molecular weight excluding hydrogens is 298 g/mol. The number of aromatic nitrogens is 2. The van der Waals surface area contributed by atoms with Gasteiger partial charge in [0.2, 0.25) is 0 Å². The predicted octanol–water partition coefficient (Wildman–Crippen LogP) is 3.77. The van der Waals surface area contributed by atoms with Crippen LogP contribution in [0.1, 0.15) is 12.0 Å². The van der Waals surface area contributed by atoms with E-state index in [2.05, 4.69) is 35.4 Å². The number of rotatable bonds is 8. The predicted molar refractivity (Wildman–Crippen MR) is 96.5 cm³/mol. The first-order valence-electron chi connectivity index (χ1n) is 8.26. The Kier molecular flexibility index (Phi) is 5.64. The molecule has 0 saturated heterocycles. The molecule has 124 valence electrons. The zero-order valence-corrected chi connectivity index (χ0v) is 14.0. The molecule has 0 aliphatic rings. The van der Waals surface area contributed by atoms with Gasteiger partial charge in [-0.15, -0.1) is 0 Å². The Morgan fingerprint density at radius 2 is 1.71 bits per heavy atom. The molecule has 0 saturated carbocycles. The second-order valence-electron chi connectivity index (χ2n) is 5.88. The normalized spacial score (nSPS) is 10.9. The molecule has 4 heteroatoms. The Bertz CT molecular complexity index is 725. The Hall–Kier alpha value is -2.59. The van der Waals surface area contributed by atoms with Crippen LogP contribution in [0.15, 0.2) is 73.1 Å². The van der Waals surface area contributed by atoms with Crippen molar-refractivity contribution >= 4 is 0 Å². The van der Waals surface area contributed by atoms with Crippen LogP contribution in [0.5, 0.6) is 5.75 Å². The van der Waals surface area contributed by atoms with E-state index in [0.29, 0.717) is 0 Å². The van der Waals surface area contributed by atoms with Gasteiger partial charge >= 0.3 is 0 Å². The lowest BCUT2D eigenvalue weighted by atomic mass is 10.3. The number of hydrogen-bond acceptors (Lipinski definition) is 3. The van der Waals surface area contributed by atoms with Gasteiger partial charge < -0.3 is 9.64 Å². The van der Waals surface area contributed by atoms with Crippen LogP contribution in [0.3, 0.4) is 0 Å². The summed E-state index contributed by atoms with van der Waals surface area (Å²) >= 11 is 0. The lowest BCUT2D eigenvalue weighted by Gasteiger charge is -2.15. The van der Waals surface area contributed by atoms with Crippen molar-refractivity contribution in [3.05, 3.63) is 78.6 Å². The number of benzene rings is 2. The second-order valence-corrected chi connectivity index (χ2v) is 5.88. The summed E-state index contributed by atoms with van der Waals surface area (Å²) in [5, 5.41) is 4.44. The molecule has 2 aromatic carbocycles. The van der Waals surface area contributed by atoms with Crippen LogP contribution in [0, 0.1) is 0 Å². The van der Waals surface area contributed by atoms with E-state index >= 15 is 0 Å². The van der Waals surface area contributed by atoms with Crippen LogP contribution in [0.4, 0.5) is 0 Å². The topological polar surface area (TPSA) is 30.3 Å². The molecule has 3 aromatic rings. The van der Waals surface area contributed by atoms with Gasteiger partial charge in [-0.25, -0.2) is 4.68 Å². The third-order valence-electron chi connectivity index (χ3n) is 3.81. The molecule has 0 N–H and O–H groups in total. The maximum atomic E-state index is 5.73. The highest BCUT2D eigenvalue weighted by molar-refractivity contribution is 5.30. The molecule has 0 aliphatic heterocycles. The summed E-state index contributed by atoms with van der Waals surface area (Å²) in [5.41, 5.74) is 2.30. The Labute approximate surface area is 143 Å². The van der Waals surface area contributed by atoms with Crippen LogP contribution in [0.25, 0.3) is 5.69 Å². The van der Waals surface area contributed by atoms with Gasteiger partial charge in [-0.3, -0.25) is 0 Å². The molecule has 0 amide bonds. The SMILES string of the molecule is CN(CCCOc1ccccc1)Cc1cnn(-c2ccccc2)c1. The summed E-state index contributed by atoms with van der Waals surface area (Å²) in [5.74, 6) is 0.935. The van der Waals surface area contributed by atoms with Crippen LogP contribution >= 0.6 is 0 Å². The van der Waals surface area contributed by atoms with E-state index in [9.17, 15) is 0 Å². The minimum absolute atomic E-state index is 0.734. The van der Waals surface area contributed by atoms with Crippen molar-refractivity contribution in [1.82, 2.24) is 14.7 Å². The fraction of sp³-hybridized carbons (Fsp3) is 0.250. The third kappa shape index (κ3) is 4.70. The molecular formula is C20H23N3O. The van der Waals surface area contributed by atoms with Crippen molar-refractivity contribution in [2.24, 2.45) is 0 Å². The van der Waals surface area contributed by atoms with Gasteiger partial charge in [0, 0.05) is 24.8 Å². The Morgan fingerprint density at radius 3 is 2.46 bits per heavy atom. The van der Waals surface area contributed by atoms with E-state index in [4.69, 9.17) is 4.74 Å². The van der Waals surface area contributed by atoms with Crippen molar-refractivity contribution < 1.29 is 4.74 Å². The van der Waals surface area contributed by atoms with Gasteiger partial charge in [-0.05, 0) is 37.7 Å². The number of para-hydroxylation sites is 2. The fourth-order valence-electron chi connectivity index (χ4n) is 2.60. The second kappa shape index (κ2) is 8.31. The molecule has 3 rings (SSSR count). The monoisotopic (exact) mass is 321 g/mol. The van der Waals surface area contributed by atoms with Crippen molar-refractivity contribution in [3.63, 3.8) is 0 Å². The summed E-state index contributed by atoms with van der Waals surface area (Å²) in [4.78, 5) is 2.29. The minimum atomic E-state index is 0.734. The zero-order chi connectivity index (χ0) is 16.6. The molecule has 1 heterocycles. The molecule has 24 heavy (non-hydrogen) atoms. The molecule has 0 unspecified atom stereocenters. The van der Waals surface area contributed by atoms with Gasteiger partial charge in [0.15, 0.2) is 0 Å². The van der Waals surface area contributed by atoms with Gasteiger partial charge in [-0.2, -0.15) is 5.10 Å². The maximum absolute atomic E-state index is 5.73. The Balaban J connectivity index is 1.42. The quantitative estimate of drug-likeness (QED) is 0.592. The molecule has 0 spiro atoms. The van der Waals surface area contributed by atoms with E-state index in [-0.39, 0.29) is 0 Å². The highest BCUT2D eigenvalue weighted by atomic mass is 16.5. The smallest absolute Gasteiger partial charge is 0.119 e. The Morgan fingerprint density at radius 1 is 1.00 bits per heavy atom. The summed E-state index contributed by atoms with van der Waals surface area (Å²) in [6.45, 7) is 2.61. The lowest BCUT2D eigenvalue weighted by molar-refractivity contribution is 0.259. The van der Waals surface area contributed by atoms with E-state index in [0.717, 1.165) is 37.6 Å². The molecule has 0 radical (unpaired) electrons. The van der Waals surface area contributed by atoms with Gasteiger partial charge in [0.1, 0.15) is 5.75 Å². The first kappa shape index (κ1) is 16.3. The summed E-state index contributed by atoms with van der Waals surface area (Å²) < 4.78 is 7.64. The van der Waals surface area contributed by atoms with Gasteiger partial charge in [-0.1, -0.05) is 36.4 Å². The first-order valence-corrected chi connectivity index (χ1v) is 8.26. The molecule has 0 atom stereocenters.